The Morgan fingerprint density at radius 2 is 0.614 bits per heavy atom. The molecule has 8 rings (SSSR count). The molecule has 4 heterocycles. The Kier molecular flexibility index (Phi) is 8.64. The first kappa shape index (κ1) is 38.5. The van der Waals surface area contributed by atoms with E-state index in [4.69, 9.17) is 0 Å². The first-order valence-corrected chi connectivity index (χ1v) is 21.1. The van der Waals surface area contributed by atoms with Gasteiger partial charge in [-0.05, 0) is 92.4 Å². The van der Waals surface area contributed by atoms with Crippen molar-refractivity contribution in [2.75, 3.05) is 0 Å². The van der Waals surface area contributed by atoms with Gasteiger partial charge in [-0.1, -0.05) is 107 Å². The van der Waals surface area contributed by atoms with Crippen molar-refractivity contribution >= 4 is 53.4 Å². The highest BCUT2D eigenvalue weighted by atomic mass is 32.2. The second-order valence-corrected chi connectivity index (χ2v) is 21.5. The molecular weight excluding hydrogens is 725 g/mol. The molecular formula is C48H52N6O2S. The minimum absolute atomic E-state index is 0.0327. The van der Waals surface area contributed by atoms with Crippen molar-refractivity contribution in [3.05, 3.63) is 120 Å². The van der Waals surface area contributed by atoms with Crippen LogP contribution in [0.4, 0.5) is 0 Å². The SMILES string of the molecule is CC(C)(C)c1ccc2c(c1)c1cc(C(C)(C)C)ccc1n2-c1ncc(S(=O)(=O)c2cnc(-n3c4ccc(C(C)(C)C)cc4c4cc(C(C)(C)C)ccc43)nc2)cn1. The summed E-state index contributed by atoms with van der Waals surface area (Å²) in [5.41, 5.74) is 8.61. The minimum atomic E-state index is -4.04. The summed E-state index contributed by atoms with van der Waals surface area (Å²) in [6.07, 6.45) is 5.51. The van der Waals surface area contributed by atoms with Gasteiger partial charge in [0.15, 0.2) is 0 Å². The van der Waals surface area contributed by atoms with Gasteiger partial charge in [0.05, 0.1) is 46.9 Å². The number of hydrogen-bond donors (Lipinski definition) is 0. The molecule has 8 nitrogen and oxygen atoms in total. The highest BCUT2D eigenvalue weighted by Crippen LogP contribution is 2.39. The number of fused-ring (bicyclic) bond motifs is 6. The van der Waals surface area contributed by atoms with E-state index in [1.165, 1.54) is 47.0 Å². The fourth-order valence-corrected chi connectivity index (χ4v) is 8.64. The molecule has 4 aromatic heterocycles. The first-order chi connectivity index (χ1) is 26.5. The molecule has 8 aromatic rings. The highest BCUT2D eigenvalue weighted by molar-refractivity contribution is 7.91. The molecule has 0 amide bonds. The largest absolute Gasteiger partial charge is 0.278 e. The highest BCUT2D eigenvalue weighted by Gasteiger charge is 2.26. The third-order valence-electron chi connectivity index (χ3n) is 11.2. The third-order valence-corrected chi connectivity index (χ3v) is 12.9. The third kappa shape index (κ3) is 6.59. The molecule has 0 spiro atoms. The summed E-state index contributed by atoms with van der Waals surface area (Å²) in [6, 6.07) is 26.1. The van der Waals surface area contributed by atoms with Crippen LogP contribution in [0.5, 0.6) is 0 Å². The van der Waals surface area contributed by atoms with Crippen LogP contribution in [-0.4, -0.2) is 37.5 Å². The Bertz CT molecular complexity index is 2640. The van der Waals surface area contributed by atoms with E-state index in [0.29, 0.717) is 11.9 Å². The first-order valence-electron chi connectivity index (χ1n) is 19.6. The van der Waals surface area contributed by atoms with Crippen LogP contribution in [-0.2, 0) is 31.5 Å². The number of sulfone groups is 1. The van der Waals surface area contributed by atoms with Crippen LogP contribution in [0.25, 0.3) is 55.5 Å². The van der Waals surface area contributed by atoms with Crippen molar-refractivity contribution in [2.45, 2.75) is 115 Å². The maximum atomic E-state index is 14.0. The molecule has 0 N–H and O–H groups in total. The average Bonchev–Trinajstić information content (AvgIpc) is 3.65. The Hall–Kier alpha value is -5.41. The van der Waals surface area contributed by atoms with Crippen molar-refractivity contribution in [1.82, 2.24) is 29.1 Å². The van der Waals surface area contributed by atoms with Crippen LogP contribution in [0.15, 0.2) is 107 Å². The maximum absolute atomic E-state index is 14.0. The summed E-state index contributed by atoms with van der Waals surface area (Å²) in [5.74, 6) is 0.784. The molecule has 0 aliphatic carbocycles. The van der Waals surface area contributed by atoms with Gasteiger partial charge in [-0.15, -0.1) is 0 Å². The Labute approximate surface area is 336 Å². The van der Waals surface area contributed by atoms with Crippen molar-refractivity contribution in [3.63, 3.8) is 0 Å². The lowest BCUT2D eigenvalue weighted by molar-refractivity contribution is 0.590. The predicted molar refractivity (Wildman–Crippen MR) is 233 cm³/mol. The molecule has 0 fully saturated rings. The quantitative estimate of drug-likeness (QED) is 0.177. The number of aromatic nitrogens is 6. The molecule has 9 heteroatoms. The number of benzene rings is 4. The van der Waals surface area contributed by atoms with Gasteiger partial charge >= 0.3 is 0 Å². The van der Waals surface area contributed by atoms with Gasteiger partial charge in [-0.3, -0.25) is 9.13 Å². The van der Waals surface area contributed by atoms with Gasteiger partial charge < -0.3 is 0 Å². The average molecular weight is 777 g/mol. The van der Waals surface area contributed by atoms with Crippen LogP contribution in [0, 0.1) is 0 Å². The second-order valence-electron chi connectivity index (χ2n) is 19.5. The molecule has 0 aliphatic rings. The number of rotatable bonds is 4. The normalized spacial score (nSPS) is 13.4. The summed E-state index contributed by atoms with van der Waals surface area (Å²) in [5, 5.41) is 4.42. The van der Waals surface area contributed by atoms with Gasteiger partial charge in [0.25, 0.3) is 0 Å². The summed E-state index contributed by atoms with van der Waals surface area (Å²) in [6.45, 7) is 26.5. The Morgan fingerprint density at radius 3 is 0.825 bits per heavy atom. The molecule has 0 aliphatic heterocycles. The van der Waals surface area contributed by atoms with Crippen molar-refractivity contribution in [3.8, 4) is 11.9 Å². The molecule has 292 valence electrons. The van der Waals surface area contributed by atoms with E-state index in [0.717, 1.165) is 43.6 Å². The van der Waals surface area contributed by atoms with Crippen LogP contribution in [0.1, 0.15) is 105 Å². The zero-order chi connectivity index (χ0) is 41.0. The predicted octanol–water partition coefficient (Wildman–Crippen LogP) is 11.5. The van der Waals surface area contributed by atoms with E-state index in [1.807, 2.05) is 9.13 Å². The summed E-state index contributed by atoms with van der Waals surface area (Å²) >= 11 is 0. The molecule has 4 aromatic carbocycles. The zero-order valence-corrected chi connectivity index (χ0v) is 36.0. The molecule has 0 unspecified atom stereocenters. The molecule has 0 saturated heterocycles. The lowest BCUT2D eigenvalue weighted by Crippen LogP contribution is -2.11. The van der Waals surface area contributed by atoms with Crippen molar-refractivity contribution < 1.29 is 8.42 Å². The van der Waals surface area contributed by atoms with E-state index in [-0.39, 0.29) is 31.5 Å². The van der Waals surface area contributed by atoms with Crippen LogP contribution in [0.2, 0.25) is 0 Å². The van der Waals surface area contributed by atoms with E-state index in [1.54, 1.807) is 0 Å². The van der Waals surface area contributed by atoms with Crippen LogP contribution in [0.3, 0.4) is 0 Å². The monoisotopic (exact) mass is 776 g/mol. The van der Waals surface area contributed by atoms with Crippen LogP contribution < -0.4 is 0 Å². The summed E-state index contributed by atoms with van der Waals surface area (Å²) in [4.78, 5) is 18.6. The van der Waals surface area contributed by atoms with E-state index in [2.05, 4.69) is 176 Å². The van der Waals surface area contributed by atoms with Crippen molar-refractivity contribution in [1.29, 1.82) is 0 Å². The lowest BCUT2D eigenvalue weighted by Gasteiger charge is -2.19. The Morgan fingerprint density at radius 1 is 0.386 bits per heavy atom. The van der Waals surface area contributed by atoms with Gasteiger partial charge in [0, 0.05) is 21.5 Å². The lowest BCUT2D eigenvalue weighted by atomic mass is 9.85. The standard InChI is InChI=1S/C48H52N6O2S/c1-45(2,3)29-13-17-39-35(21-29)36-22-30(46(4,5)6)14-18-40(36)53(39)43-49-25-33(26-50-43)57(55,56)34-27-51-44(52-28-34)54-41-19-15-31(47(7,8)9)23-37(41)38-24-32(48(10,11)12)16-20-42(38)54/h13-28H,1-12H3. The fraction of sp³-hybridized carbons (Fsp3) is 0.333. The number of nitrogens with zero attached hydrogens (tertiary/aromatic N) is 6. The van der Waals surface area contributed by atoms with E-state index >= 15 is 0 Å². The van der Waals surface area contributed by atoms with E-state index < -0.39 is 9.84 Å². The second kappa shape index (κ2) is 12.8. The van der Waals surface area contributed by atoms with Crippen LogP contribution >= 0.6 is 0 Å². The fourth-order valence-electron chi connectivity index (χ4n) is 7.61. The summed E-state index contributed by atoms with van der Waals surface area (Å²) < 4.78 is 32.1. The maximum Gasteiger partial charge on any atom is 0.234 e. The molecule has 0 saturated carbocycles. The van der Waals surface area contributed by atoms with Gasteiger partial charge in [0.1, 0.15) is 9.79 Å². The van der Waals surface area contributed by atoms with E-state index in [9.17, 15) is 8.42 Å². The van der Waals surface area contributed by atoms with Gasteiger partial charge in [-0.2, -0.15) is 0 Å². The van der Waals surface area contributed by atoms with Gasteiger partial charge in [0.2, 0.25) is 21.7 Å². The molecule has 57 heavy (non-hydrogen) atoms. The minimum Gasteiger partial charge on any atom is -0.278 e. The zero-order valence-electron chi connectivity index (χ0n) is 35.1. The number of hydrogen-bond acceptors (Lipinski definition) is 6. The molecule has 0 bridgehead atoms. The molecule has 0 radical (unpaired) electrons. The van der Waals surface area contributed by atoms with Crippen molar-refractivity contribution in [2.24, 2.45) is 0 Å². The van der Waals surface area contributed by atoms with Gasteiger partial charge in [-0.25, -0.2) is 28.4 Å². The Balaban J connectivity index is 1.18. The summed E-state index contributed by atoms with van der Waals surface area (Å²) in [7, 11) is -4.04. The topological polar surface area (TPSA) is 95.6 Å². The smallest absolute Gasteiger partial charge is 0.234 e. The molecule has 0 atom stereocenters.